The maximum Gasteiger partial charge on any atom is 0.282 e. The molecule has 0 aliphatic rings. The van der Waals surface area contributed by atoms with E-state index >= 15 is 0 Å². The highest BCUT2D eigenvalue weighted by molar-refractivity contribution is 7.86. The summed E-state index contributed by atoms with van der Waals surface area (Å²) in [6, 6.07) is 0. The molecular formula is C6H16N2O3S. The Balaban J connectivity index is 3.68. The van der Waals surface area contributed by atoms with Gasteiger partial charge in [-0.15, -0.1) is 0 Å². The Labute approximate surface area is 73.4 Å². The first kappa shape index (κ1) is 11.8. The molecule has 0 aromatic rings. The van der Waals surface area contributed by atoms with Gasteiger partial charge < -0.3 is 5.73 Å². The molecule has 0 aromatic heterocycles. The van der Waals surface area contributed by atoms with Crippen molar-refractivity contribution >= 4 is 10.1 Å². The van der Waals surface area contributed by atoms with E-state index in [1.54, 1.807) is 0 Å². The number of hydroxylamine groups is 1. The smallest absolute Gasteiger partial charge is 0.282 e. The van der Waals surface area contributed by atoms with Crippen LogP contribution in [0.5, 0.6) is 0 Å². The molecule has 0 spiro atoms. The van der Waals surface area contributed by atoms with Crippen LogP contribution in [-0.2, 0) is 14.4 Å². The maximum absolute atomic E-state index is 10.8. The summed E-state index contributed by atoms with van der Waals surface area (Å²) in [7, 11) is -3.42. The van der Waals surface area contributed by atoms with Gasteiger partial charge in [0, 0.05) is 0 Å². The minimum Gasteiger partial charge on any atom is -0.314 e. The first-order chi connectivity index (χ1) is 5.52. The van der Waals surface area contributed by atoms with E-state index < -0.39 is 16.3 Å². The van der Waals surface area contributed by atoms with Gasteiger partial charge in [0.25, 0.3) is 10.1 Å². The zero-order valence-corrected chi connectivity index (χ0v) is 8.23. The molecule has 0 aliphatic heterocycles. The van der Waals surface area contributed by atoms with Crippen molar-refractivity contribution in [2.24, 2.45) is 5.73 Å². The molecule has 6 heteroatoms. The highest BCUT2D eigenvalue weighted by Gasteiger charge is 2.09. The largest absolute Gasteiger partial charge is 0.314 e. The van der Waals surface area contributed by atoms with Gasteiger partial charge in [-0.25, -0.2) is 0 Å². The van der Waals surface area contributed by atoms with E-state index in [-0.39, 0.29) is 5.75 Å². The molecule has 1 unspecified atom stereocenters. The fourth-order valence-corrected chi connectivity index (χ4v) is 0.952. The Kier molecular flexibility index (Phi) is 5.39. The summed E-state index contributed by atoms with van der Waals surface area (Å²) < 4.78 is 25.9. The van der Waals surface area contributed by atoms with Crippen molar-refractivity contribution in [2.75, 3.05) is 5.75 Å². The summed E-state index contributed by atoms with van der Waals surface area (Å²) in [6.07, 6.45) is 1.14. The summed E-state index contributed by atoms with van der Waals surface area (Å²) in [5.74, 6) is -0.0567. The number of hydrogen-bond donors (Lipinski definition) is 2. The lowest BCUT2D eigenvalue weighted by Crippen LogP contribution is -2.38. The fraction of sp³-hybridized carbons (Fsp3) is 1.00. The average Bonchev–Trinajstić information content (AvgIpc) is 2.02. The second-order valence-corrected chi connectivity index (χ2v) is 4.30. The van der Waals surface area contributed by atoms with Crippen LogP contribution in [0.4, 0.5) is 0 Å². The second-order valence-electron chi connectivity index (χ2n) is 2.44. The predicted molar refractivity (Wildman–Crippen MR) is 46.6 cm³/mol. The lowest BCUT2D eigenvalue weighted by Gasteiger charge is -2.11. The Bertz CT molecular complexity index is 203. The maximum atomic E-state index is 10.8. The molecule has 74 valence electrons. The van der Waals surface area contributed by atoms with E-state index in [1.807, 2.05) is 6.92 Å². The summed E-state index contributed by atoms with van der Waals surface area (Å²) in [5, 5.41) is 0. The molecule has 0 aliphatic carbocycles. The van der Waals surface area contributed by atoms with Gasteiger partial charge in [0.15, 0.2) is 0 Å². The van der Waals surface area contributed by atoms with E-state index in [9.17, 15) is 8.42 Å². The van der Waals surface area contributed by atoms with Gasteiger partial charge in [-0.1, -0.05) is 13.3 Å². The van der Waals surface area contributed by atoms with Crippen molar-refractivity contribution in [3.05, 3.63) is 0 Å². The molecule has 0 bridgehead atoms. The second kappa shape index (κ2) is 5.47. The van der Waals surface area contributed by atoms with Crippen molar-refractivity contribution in [2.45, 2.75) is 32.9 Å². The molecular weight excluding hydrogens is 180 g/mol. The summed E-state index contributed by atoms with van der Waals surface area (Å²) >= 11 is 0. The number of nitrogens with two attached hydrogens (primary N) is 1. The first-order valence-electron chi connectivity index (χ1n) is 3.94. The third-order valence-corrected chi connectivity index (χ3v) is 2.34. The van der Waals surface area contributed by atoms with Crippen LogP contribution >= 0.6 is 0 Å². The molecule has 3 N–H and O–H groups in total. The molecule has 0 heterocycles. The van der Waals surface area contributed by atoms with Gasteiger partial charge in [0.1, 0.15) is 0 Å². The fourth-order valence-electron chi connectivity index (χ4n) is 0.564. The molecule has 0 aromatic carbocycles. The highest BCUT2D eigenvalue weighted by Crippen LogP contribution is 1.93. The van der Waals surface area contributed by atoms with E-state index in [4.69, 9.17) is 5.73 Å². The molecule has 0 fully saturated rings. The predicted octanol–water partition coefficient (Wildman–Crippen LogP) is -0.0578. The lowest BCUT2D eigenvalue weighted by molar-refractivity contribution is 0.160. The summed E-state index contributed by atoms with van der Waals surface area (Å²) in [5.41, 5.74) is 7.71. The van der Waals surface area contributed by atoms with Crippen LogP contribution in [-0.4, -0.2) is 20.3 Å². The SMILES string of the molecule is CCCC(N)NOS(=O)(=O)CC. The Hall–Kier alpha value is -0.170. The van der Waals surface area contributed by atoms with Crippen molar-refractivity contribution in [3.8, 4) is 0 Å². The number of rotatable bonds is 6. The Morgan fingerprint density at radius 3 is 2.50 bits per heavy atom. The average molecular weight is 196 g/mol. The zero-order valence-electron chi connectivity index (χ0n) is 7.41. The van der Waals surface area contributed by atoms with Crippen LogP contribution in [0.15, 0.2) is 0 Å². The molecule has 12 heavy (non-hydrogen) atoms. The Morgan fingerprint density at radius 2 is 2.08 bits per heavy atom. The third-order valence-electron chi connectivity index (χ3n) is 1.28. The van der Waals surface area contributed by atoms with Crippen LogP contribution < -0.4 is 11.2 Å². The van der Waals surface area contributed by atoms with Gasteiger partial charge in [0.05, 0.1) is 11.9 Å². The molecule has 5 nitrogen and oxygen atoms in total. The van der Waals surface area contributed by atoms with Crippen molar-refractivity contribution in [1.82, 2.24) is 5.48 Å². The van der Waals surface area contributed by atoms with E-state index in [2.05, 4.69) is 9.76 Å². The normalized spacial score (nSPS) is 14.6. The van der Waals surface area contributed by atoms with Crippen LogP contribution in [0.2, 0.25) is 0 Å². The quantitative estimate of drug-likeness (QED) is 0.459. The number of nitrogens with one attached hydrogen (secondary N) is 1. The van der Waals surface area contributed by atoms with Crippen LogP contribution in [0.25, 0.3) is 0 Å². The standard InChI is InChI=1S/C6H16N2O3S/c1-3-5-6(7)8-11-12(9,10)4-2/h6,8H,3-5,7H2,1-2H3. The first-order valence-corrected chi connectivity index (χ1v) is 5.51. The minimum atomic E-state index is -3.42. The van der Waals surface area contributed by atoms with E-state index in [0.717, 1.165) is 6.42 Å². The monoisotopic (exact) mass is 196 g/mol. The van der Waals surface area contributed by atoms with Crippen LogP contribution in [0.3, 0.4) is 0 Å². The molecule has 0 amide bonds. The van der Waals surface area contributed by atoms with Gasteiger partial charge in [0.2, 0.25) is 0 Å². The van der Waals surface area contributed by atoms with Gasteiger partial charge >= 0.3 is 0 Å². The van der Waals surface area contributed by atoms with Gasteiger partial charge in [-0.2, -0.15) is 18.2 Å². The highest BCUT2D eigenvalue weighted by atomic mass is 32.2. The third kappa shape index (κ3) is 5.48. The van der Waals surface area contributed by atoms with Gasteiger partial charge in [-0.3, -0.25) is 0 Å². The Morgan fingerprint density at radius 1 is 1.50 bits per heavy atom. The van der Waals surface area contributed by atoms with Crippen molar-refractivity contribution in [3.63, 3.8) is 0 Å². The van der Waals surface area contributed by atoms with Crippen LogP contribution in [0.1, 0.15) is 26.7 Å². The van der Waals surface area contributed by atoms with Crippen LogP contribution in [0, 0.1) is 0 Å². The van der Waals surface area contributed by atoms with Gasteiger partial charge in [-0.05, 0) is 13.3 Å². The summed E-state index contributed by atoms with van der Waals surface area (Å²) in [6.45, 7) is 3.46. The van der Waals surface area contributed by atoms with E-state index in [1.165, 1.54) is 6.92 Å². The lowest BCUT2D eigenvalue weighted by atomic mass is 10.3. The molecule has 0 rings (SSSR count). The minimum absolute atomic E-state index is 0.0567. The zero-order chi connectivity index (χ0) is 9.61. The van der Waals surface area contributed by atoms with E-state index in [0.29, 0.717) is 6.42 Å². The molecule has 0 saturated heterocycles. The topological polar surface area (TPSA) is 81.4 Å². The number of hydrogen-bond acceptors (Lipinski definition) is 5. The molecule has 0 radical (unpaired) electrons. The molecule has 0 saturated carbocycles. The summed E-state index contributed by atoms with van der Waals surface area (Å²) in [4.78, 5) is 0. The van der Waals surface area contributed by atoms with Crippen molar-refractivity contribution in [1.29, 1.82) is 0 Å². The molecule has 1 atom stereocenters. The van der Waals surface area contributed by atoms with Crippen molar-refractivity contribution < 1.29 is 12.7 Å².